The van der Waals surface area contributed by atoms with Crippen molar-refractivity contribution in [3.8, 4) is 5.75 Å². The molecule has 1 fully saturated rings. The number of carbonyl (C=O) groups is 2. The molecule has 0 atom stereocenters. The van der Waals surface area contributed by atoms with Crippen LogP contribution in [0.15, 0.2) is 24.3 Å². The van der Waals surface area contributed by atoms with Crippen molar-refractivity contribution in [2.24, 2.45) is 5.92 Å². The van der Waals surface area contributed by atoms with E-state index in [1.54, 1.807) is 17.0 Å². The SMILES string of the molecule is O=C(NCC1CN(C(=O)CCl)C1)c1ccc(O)cc1. The number of hydrogen-bond donors (Lipinski definition) is 2. The fourth-order valence-electron chi connectivity index (χ4n) is 1.94. The van der Waals surface area contributed by atoms with Gasteiger partial charge in [-0.3, -0.25) is 9.59 Å². The number of hydrogen-bond acceptors (Lipinski definition) is 3. The number of phenols is 1. The molecule has 1 saturated heterocycles. The third kappa shape index (κ3) is 3.38. The maximum Gasteiger partial charge on any atom is 0.251 e. The zero-order valence-electron chi connectivity index (χ0n) is 10.3. The predicted octanol–water partition coefficient (Wildman–Crippen LogP) is 0.819. The Balaban J connectivity index is 1.74. The molecule has 6 heteroatoms. The van der Waals surface area contributed by atoms with Gasteiger partial charge in [-0.1, -0.05) is 0 Å². The first kappa shape index (κ1) is 13.7. The molecule has 1 aliphatic rings. The molecule has 1 aliphatic heterocycles. The van der Waals surface area contributed by atoms with Crippen LogP contribution in [0.1, 0.15) is 10.4 Å². The van der Waals surface area contributed by atoms with Crippen LogP contribution in [0.2, 0.25) is 0 Å². The van der Waals surface area contributed by atoms with Crippen LogP contribution in [0.4, 0.5) is 0 Å². The predicted molar refractivity (Wildman–Crippen MR) is 71.2 cm³/mol. The maximum absolute atomic E-state index is 11.8. The van der Waals surface area contributed by atoms with Gasteiger partial charge in [-0.2, -0.15) is 0 Å². The quantitative estimate of drug-likeness (QED) is 0.803. The average Bonchev–Trinajstić information content (AvgIpc) is 2.37. The fourth-order valence-corrected chi connectivity index (χ4v) is 2.11. The number of carbonyl (C=O) groups excluding carboxylic acids is 2. The van der Waals surface area contributed by atoms with E-state index < -0.39 is 0 Å². The van der Waals surface area contributed by atoms with E-state index in [1.807, 2.05) is 0 Å². The third-order valence-electron chi connectivity index (χ3n) is 3.10. The van der Waals surface area contributed by atoms with Crippen molar-refractivity contribution in [2.45, 2.75) is 0 Å². The Morgan fingerprint density at radius 3 is 2.53 bits per heavy atom. The van der Waals surface area contributed by atoms with Crippen LogP contribution < -0.4 is 5.32 Å². The second kappa shape index (κ2) is 5.93. The minimum Gasteiger partial charge on any atom is -0.508 e. The van der Waals surface area contributed by atoms with Crippen molar-refractivity contribution in [2.75, 3.05) is 25.5 Å². The standard InChI is InChI=1S/C13H15ClN2O3/c14-5-12(18)16-7-9(8-16)6-15-13(19)10-1-3-11(17)4-2-10/h1-4,9,17H,5-8H2,(H,15,19). The van der Waals surface area contributed by atoms with Gasteiger partial charge in [0.25, 0.3) is 5.91 Å². The number of amides is 2. The summed E-state index contributed by atoms with van der Waals surface area (Å²) in [6, 6.07) is 6.07. The highest BCUT2D eigenvalue weighted by Gasteiger charge is 2.29. The highest BCUT2D eigenvalue weighted by atomic mass is 35.5. The zero-order chi connectivity index (χ0) is 13.8. The van der Waals surface area contributed by atoms with Gasteiger partial charge in [0.2, 0.25) is 5.91 Å². The van der Waals surface area contributed by atoms with Gasteiger partial charge in [0.05, 0.1) is 0 Å². The van der Waals surface area contributed by atoms with Crippen molar-refractivity contribution in [1.82, 2.24) is 10.2 Å². The van der Waals surface area contributed by atoms with E-state index in [0.29, 0.717) is 25.2 Å². The summed E-state index contributed by atoms with van der Waals surface area (Å²) in [5, 5.41) is 11.9. The summed E-state index contributed by atoms with van der Waals surface area (Å²) in [5.74, 6) is 0.177. The van der Waals surface area contributed by atoms with Gasteiger partial charge in [0.1, 0.15) is 11.6 Å². The first-order chi connectivity index (χ1) is 9.10. The molecule has 1 aromatic rings. The van der Waals surface area contributed by atoms with Crippen LogP contribution in [0.5, 0.6) is 5.75 Å². The van der Waals surface area contributed by atoms with Gasteiger partial charge in [0.15, 0.2) is 0 Å². The molecule has 1 aromatic carbocycles. The van der Waals surface area contributed by atoms with E-state index in [-0.39, 0.29) is 29.4 Å². The van der Waals surface area contributed by atoms with Gasteiger partial charge in [-0.15, -0.1) is 11.6 Å². The highest BCUT2D eigenvalue weighted by molar-refractivity contribution is 6.27. The van der Waals surface area contributed by atoms with E-state index in [2.05, 4.69) is 5.32 Å². The number of halogens is 1. The first-order valence-corrected chi connectivity index (χ1v) is 6.54. The van der Waals surface area contributed by atoms with E-state index in [0.717, 1.165) is 0 Å². The Hall–Kier alpha value is -1.75. The zero-order valence-corrected chi connectivity index (χ0v) is 11.1. The number of likely N-dealkylation sites (tertiary alicyclic amines) is 1. The molecule has 5 nitrogen and oxygen atoms in total. The molecule has 0 spiro atoms. The monoisotopic (exact) mass is 282 g/mol. The minimum absolute atomic E-state index is 0.00654. The van der Waals surface area contributed by atoms with E-state index in [9.17, 15) is 9.59 Å². The van der Waals surface area contributed by atoms with Crippen LogP contribution >= 0.6 is 11.6 Å². The van der Waals surface area contributed by atoms with Gasteiger partial charge in [0, 0.05) is 31.1 Å². The van der Waals surface area contributed by atoms with Crippen molar-refractivity contribution < 1.29 is 14.7 Å². The summed E-state index contributed by atoms with van der Waals surface area (Å²) >= 11 is 5.45. The number of rotatable bonds is 4. The molecule has 0 aliphatic carbocycles. The molecule has 0 aromatic heterocycles. The molecular formula is C13H15ClN2O3. The normalized spacial score (nSPS) is 14.9. The first-order valence-electron chi connectivity index (χ1n) is 6.01. The maximum atomic E-state index is 11.8. The molecule has 2 rings (SSSR count). The van der Waals surface area contributed by atoms with Crippen LogP contribution in [-0.4, -0.2) is 47.3 Å². The second-order valence-electron chi connectivity index (χ2n) is 4.56. The van der Waals surface area contributed by atoms with E-state index in [4.69, 9.17) is 16.7 Å². The van der Waals surface area contributed by atoms with Gasteiger partial charge >= 0.3 is 0 Å². The molecule has 19 heavy (non-hydrogen) atoms. The van der Waals surface area contributed by atoms with Gasteiger partial charge in [-0.25, -0.2) is 0 Å². The Bertz CT molecular complexity index is 469. The average molecular weight is 283 g/mol. The number of phenolic OH excluding ortho intramolecular Hbond substituents is 1. The third-order valence-corrected chi connectivity index (χ3v) is 3.33. The van der Waals surface area contributed by atoms with Crippen LogP contribution in [0.25, 0.3) is 0 Å². The van der Waals surface area contributed by atoms with E-state index >= 15 is 0 Å². The number of nitrogens with zero attached hydrogens (tertiary/aromatic N) is 1. The Morgan fingerprint density at radius 2 is 1.95 bits per heavy atom. The summed E-state index contributed by atoms with van der Waals surface area (Å²) in [7, 11) is 0. The number of benzene rings is 1. The van der Waals surface area contributed by atoms with Crippen molar-refractivity contribution in [1.29, 1.82) is 0 Å². The molecular weight excluding hydrogens is 268 g/mol. The molecule has 2 N–H and O–H groups in total. The van der Waals surface area contributed by atoms with Crippen molar-refractivity contribution in [3.05, 3.63) is 29.8 Å². The topological polar surface area (TPSA) is 69.6 Å². The number of aromatic hydroxyl groups is 1. The van der Waals surface area contributed by atoms with Gasteiger partial charge < -0.3 is 15.3 Å². The van der Waals surface area contributed by atoms with Crippen molar-refractivity contribution >= 4 is 23.4 Å². The summed E-state index contributed by atoms with van der Waals surface area (Å²) in [4.78, 5) is 24.7. The van der Waals surface area contributed by atoms with Crippen molar-refractivity contribution in [3.63, 3.8) is 0 Å². The summed E-state index contributed by atoms with van der Waals surface area (Å²) in [5.41, 5.74) is 0.505. The molecule has 102 valence electrons. The molecule has 0 radical (unpaired) electrons. The lowest BCUT2D eigenvalue weighted by atomic mass is 10.00. The summed E-state index contributed by atoms with van der Waals surface area (Å²) in [6.45, 7) is 1.81. The van der Waals surface area contributed by atoms with E-state index in [1.165, 1.54) is 12.1 Å². The lowest BCUT2D eigenvalue weighted by molar-refractivity contribution is -0.134. The number of nitrogens with one attached hydrogen (secondary N) is 1. The van der Waals surface area contributed by atoms with Crippen LogP contribution in [-0.2, 0) is 4.79 Å². The van der Waals surface area contributed by atoms with Crippen LogP contribution in [0.3, 0.4) is 0 Å². The largest absolute Gasteiger partial charge is 0.508 e. The van der Waals surface area contributed by atoms with Crippen LogP contribution in [0, 0.1) is 5.92 Å². The summed E-state index contributed by atoms with van der Waals surface area (Å²) in [6.07, 6.45) is 0. The van der Waals surface area contributed by atoms with Gasteiger partial charge in [-0.05, 0) is 24.3 Å². The highest BCUT2D eigenvalue weighted by Crippen LogP contribution is 2.15. The molecule has 0 saturated carbocycles. The smallest absolute Gasteiger partial charge is 0.251 e. The Morgan fingerprint density at radius 1 is 1.32 bits per heavy atom. The fraction of sp³-hybridized carbons (Fsp3) is 0.385. The minimum atomic E-state index is -0.179. The lowest BCUT2D eigenvalue weighted by Crippen LogP contribution is -2.54. The molecule has 1 heterocycles. The second-order valence-corrected chi connectivity index (χ2v) is 4.82. The summed E-state index contributed by atoms with van der Waals surface area (Å²) < 4.78 is 0. The lowest BCUT2D eigenvalue weighted by Gasteiger charge is -2.39. The Labute approximate surface area is 116 Å². The molecule has 2 amide bonds. The Kier molecular flexibility index (Phi) is 4.27. The molecule has 0 bridgehead atoms. The number of alkyl halides is 1. The molecule has 0 unspecified atom stereocenters.